The summed E-state index contributed by atoms with van der Waals surface area (Å²) in [7, 11) is 0. The molecule has 0 saturated carbocycles. The smallest absolute Gasteiger partial charge is 0.253 e. The number of likely N-dealkylation sites (tertiary alicyclic amines) is 1. The zero-order valence-electron chi connectivity index (χ0n) is 13.0. The minimum atomic E-state index is 0.105. The topological polar surface area (TPSA) is 60.4 Å². The highest BCUT2D eigenvalue weighted by atomic mass is 16.5. The lowest BCUT2D eigenvalue weighted by Gasteiger charge is -2.17. The molecule has 2 aromatic carbocycles. The molecule has 2 heterocycles. The molecule has 1 saturated heterocycles. The standard InChI is InChI=1S/C18H19N3O2/c19-14-4-6-15(7-5-14)21-12-23-17-11-13(3-8-16(17)21)18(22)20-9-1-2-10-20/h3-8,11H,1-2,9-10,12,19H2/p+1. The van der Waals surface area contributed by atoms with Gasteiger partial charge < -0.3 is 20.3 Å². The number of fused-ring (bicyclic) bond motifs is 1. The van der Waals surface area contributed by atoms with Gasteiger partial charge in [0.15, 0.2) is 6.73 Å². The van der Waals surface area contributed by atoms with Gasteiger partial charge in [-0.25, -0.2) is 0 Å². The van der Waals surface area contributed by atoms with Crippen LogP contribution in [-0.2, 0) is 0 Å². The molecule has 0 radical (unpaired) electrons. The quantitative estimate of drug-likeness (QED) is 0.926. The van der Waals surface area contributed by atoms with E-state index in [4.69, 9.17) is 4.74 Å². The Hall–Kier alpha value is -2.53. The SMILES string of the molecule is [NH3+]c1ccc(N2COc3cc(C(=O)N4CCCC4)ccc32)cc1. The average molecular weight is 310 g/mol. The Morgan fingerprint density at radius 1 is 1.04 bits per heavy atom. The Kier molecular flexibility index (Phi) is 3.42. The third-order valence-electron chi connectivity index (χ3n) is 4.49. The number of carbonyl (C=O) groups is 1. The van der Waals surface area contributed by atoms with E-state index in [0.29, 0.717) is 12.3 Å². The molecule has 0 atom stereocenters. The summed E-state index contributed by atoms with van der Waals surface area (Å²) < 4.78 is 5.79. The third-order valence-corrected chi connectivity index (χ3v) is 4.49. The van der Waals surface area contributed by atoms with Crippen molar-refractivity contribution in [2.24, 2.45) is 0 Å². The van der Waals surface area contributed by atoms with E-state index in [0.717, 1.165) is 48.7 Å². The summed E-state index contributed by atoms with van der Waals surface area (Å²) in [5.74, 6) is 0.877. The lowest BCUT2D eigenvalue weighted by molar-refractivity contribution is -0.254. The maximum Gasteiger partial charge on any atom is 0.253 e. The predicted molar refractivity (Wildman–Crippen MR) is 88.2 cm³/mol. The summed E-state index contributed by atoms with van der Waals surface area (Å²) in [5.41, 5.74) is 7.67. The van der Waals surface area contributed by atoms with Gasteiger partial charge in [-0.3, -0.25) is 4.79 Å². The van der Waals surface area contributed by atoms with Gasteiger partial charge in [-0.2, -0.15) is 0 Å². The van der Waals surface area contributed by atoms with Crippen molar-refractivity contribution >= 4 is 23.0 Å². The van der Waals surface area contributed by atoms with Crippen LogP contribution in [0, 0.1) is 0 Å². The fourth-order valence-corrected chi connectivity index (χ4v) is 3.18. The van der Waals surface area contributed by atoms with Crippen LogP contribution in [0.3, 0.4) is 0 Å². The summed E-state index contributed by atoms with van der Waals surface area (Å²) >= 11 is 0. The number of nitrogens with zero attached hydrogens (tertiary/aromatic N) is 2. The summed E-state index contributed by atoms with van der Waals surface area (Å²) in [5, 5.41) is 0. The van der Waals surface area contributed by atoms with Crippen LogP contribution in [0.4, 0.5) is 17.1 Å². The molecule has 0 unspecified atom stereocenters. The van der Waals surface area contributed by atoms with Gasteiger partial charge in [-0.1, -0.05) is 0 Å². The first-order valence-corrected chi connectivity index (χ1v) is 7.98. The second-order valence-corrected chi connectivity index (χ2v) is 6.05. The molecule has 4 rings (SSSR count). The molecular formula is C18H20N3O2+. The van der Waals surface area contributed by atoms with E-state index < -0.39 is 0 Å². The largest absolute Gasteiger partial charge is 0.471 e. The minimum Gasteiger partial charge on any atom is -0.471 e. The van der Waals surface area contributed by atoms with E-state index in [2.05, 4.69) is 10.6 Å². The average Bonchev–Trinajstić information content (AvgIpc) is 3.24. The van der Waals surface area contributed by atoms with Crippen LogP contribution in [0.5, 0.6) is 5.75 Å². The van der Waals surface area contributed by atoms with Crippen molar-refractivity contribution in [3.05, 3.63) is 48.0 Å². The lowest BCUT2D eigenvalue weighted by atomic mass is 10.1. The van der Waals surface area contributed by atoms with Crippen molar-refractivity contribution in [2.75, 3.05) is 24.7 Å². The first-order valence-electron chi connectivity index (χ1n) is 7.98. The number of hydrogen-bond acceptors (Lipinski definition) is 3. The first-order chi connectivity index (χ1) is 11.2. The van der Waals surface area contributed by atoms with Gasteiger partial charge in [0.1, 0.15) is 11.4 Å². The highest BCUT2D eigenvalue weighted by molar-refractivity contribution is 5.96. The Bertz CT molecular complexity index is 736. The minimum absolute atomic E-state index is 0.105. The monoisotopic (exact) mass is 310 g/mol. The van der Waals surface area contributed by atoms with Crippen molar-refractivity contribution in [3.8, 4) is 5.75 Å². The number of carbonyl (C=O) groups excluding carboxylic acids is 1. The summed E-state index contributed by atoms with van der Waals surface area (Å²) in [6.07, 6.45) is 2.20. The zero-order chi connectivity index (χ0) is 15.8. The normalized spacial score (nSPS) is 16.4. The molecule has 2 aliphatic heterocycles. The molecule has 1 amide bonds. The number of rotatable bonds is 2. The third kappa shape index (κ3) is 2.53. The number of anilines is 2. The Labute approximate surface area is 135 Å². The molecule has 5 heteroatoms. The second kappa shape index (κ2) is 5.59. The maximum atomic E-state index is 12.5. The summed E-state index contributed by atoms with van der Waals surface area (Å²) in [4.78, 5) is 16.5. The van der Waals surface area contributed by atoms with Crippen LogP contribution in [0.15, 0.2) is 42.5 Å². The van der Waals surface area contributed by atoms with Gasteiger partial charge >= 0.3 is 0 Å². The molecule has 0 bridgehead atoms. The van der Waals surface area contributed by atoms with Crippen molar-refractivity contribution in [2.45, 2.75) is 12.8 Å². The molecule has 0 aliphatic carbocycles. The van der Waals surface area contributed by atoms with Gasteiger partial charge in [0.2, 0.25) is 0 Å². The Balaban J connectivity index is 1.61. The van der Waals surface area contributed by atoms with E-state index in [1.54, 1.807) is 0 Å². The van der Waals surface area contributed by atoms with E-state index in [1.165, 1.54) is 0 Å². The Morgan fingerprint density at radius 2 is 1.78 bits per heavy atom. The first kappa shape index (κ1) is 14.1. The van der Waals surface area contributed by atoms with Crippen LogP contribution in [-0.4, -0.2) is 30.6 Å². The molecule has 1 fully saturated rings. The number of benzene rings is 2. The molecular weight excluding hydrogens is 290 g/mol. The van der Waals surface area contributed by atoms with Crippen LogP contribution in [0.1, 0.15) is 23.2 Å². The highest BCUT2D eigenvalue weighted by Crippen LogP contribution is 2.39. The maximum absolute atomic E-state index is 12.5. The fraction of sp³-hybridized carbons (Fsp3) is 0.278. The van der Waals surface area contributed by atoms with Crippen LogP contribution < -0.4 is 15.4 Å². The van der Waals surface area contributed by atoms with E-state index in [-0.39, 0.29) is 5.91 Å². The lowest BCUT2D eigenvalue weighted by Crippen LogP contribution is -2.39. The van der Waals surface area contributed by atoms with Crippen LogP contribution in [0.25, 0.3) is 0 Å². The molecule has 0 spiro atoms. The van der Waals surface area contributed by atoms with Gasteiger partial charge in [0.25, 0.3) is 5.91 Å². The number of ether oxygens (including phenoxy) is 1. The van der Waals surface area contributed by atoms with Crippen LogP contribution in [0.2, 0.25) is 0 Å². The molecule has 23 heavy (non-hydrogen) atoms. The molecule has 5 nitrogen and oxygen atoms in total. The number of quaternary nitrogens is 1. The molecule has 2 aromatic rings. The van der Waals surface area contributed by atoms with Crippen molar-refractivity contribution in [3.63, 3.8) is 0 Å². The molecule has 3 N–H and O–H groups in total. The zero-order valence-corrected chi connectivity index (χ0v) is 13.0. The summed E-state index contributed by atoms with van der Waals surface area (Å²) in [6, 6.07) is 13.8. The van der Waals surface area contributed by atoms with Crippen molar-refractivity contribution < 1.29 is 15.3 Å². The number of amides is 1. The Morgan fingerprint density at radius 3 is 2.52 bits per heavy atom. The van der Waals surface area contributed by atoms with Crippen molar-refractivity contribution in [1.29, 1.82) is 0 Å². The summed E-state index contributed by atoms with van der Waals surface area (Å²) in [6.45, 7) is 2.19. The molecule has 118 valence electrons. The highest BCUT2D eigenvalue weighted by Gasteiger charge is 2.25. The molecule has 0 aromatic heterocycles. The molecule has 2 aliphatic rings. The predicted octanol–water partition coefficient (Wildman–Crippen LogP) is 2.28. The van der Waals surface area contributed by atoms with Crippen molar-refractivity contribution in [1.82, 2.24) is 4.90 Å². The second-order valence-electron chi connectivity index (χ2n) is 6.05. The van der Waals surface area contributed by atoms with Crippen LogP contribution >= 0.6 is 0 Å². The van der Waals surface area contributed by atoms with Gasteiger partial charge in [-0.15, -0.1) is 0 Å². The van der Waals surface area contributed by atoms with Gasteiger partial charge in [0.05, 0.1) is 5.69 Å². The van der Waals surface area contributed by atoms with E-state index in [1.807, 2.05) is 47.4 Å². The van der Waals surface area contributed by atoms with Gasteiger partial charge in [0, 0.05) is 36.5 Å². The number of hydrogen-bond donors (Lipinski definition) is 1. The van der Waals surface area contributed by atoms with E-state index >= 15 is 0 Å². The fourth-order valence-electron chi connectivity index (χ4n) is 3.18. The van der Waals surface area contributed by atoms with E-state index in [9.17, 15) is 4.79 Å². The van der Waals surface area contributed by atoms with Gasteiger partial charge in [-0.05, 0) is 43.2 Å².